The third-order valence-corrected chi connectivity index (χ3v) is 4.06. The minimum absolute atomic E-state index is 0.0821. The zero-order valence-electron chi connectivity index (χ0n) is 9.01. The predicted molar refractivity (Wildman–Crippen MR) is 63.9 cm³/mol. The Morgan fingerprint density at radius 3 is 2.67 bits per heavy atom. The molecule has 2 rings (SSSR count). The Morgan fingerprint density at radius 1 is 1.44 bits per heavy atom. The van der Waals surface area contributed by atoms with Crippen molar-refractivity contribution in [3.63, 3.8) is 0 Å². The van der Waals surface area contributed by atoms with Crippen LogP contribution in [0.15, 0.2) is 18.2 Å². The highest BCUT2D eigenvalue weighted by Gasteiger charge is 2.39. The summed E-state index contributed by atoms with van der Waals surface area (Å²) in [7, 11) is -4.78. The number of carbonyl (C=O) groups excluding carboxylic acids is 1. The van der Waals surface area contributed by atoms with E-state index in [-0.39, 0.29) is 23.0 Å². The van der Waals surface area contributed by atoms with Crippen molar-refractivity contribution in [1.29, 1.82) is 0 Å². The minimum atomic E-state index is -4.78. The topological polar surface area (TPSA) is 74.7 Å². The molecule has 98 valence electrons. The van der Waals surface area contributed by atoms with Crippen molar-refractivity contribution in [2.24, 2.45) is 0 Å². The van der Waals surface area contributed by atoms with Crippen molar-refractivity contribution < 1.29 is 22.2 Å². The lowest BCUT2D eigenvalue weighted by molar-refractivity contribution is -0.117. The molecule has 1 aliphatic heterocycles. The molecule has 1 saturated heterocycles. The molecular weight excluding hydrogens is 285 g/mol. The highest BCUT2D eigenvalue weighted by molar-refractivity contribution is 7.87. The molecule has 1 aromatic rings. The predicted octanol–water partition coefficient (Wildman–Crippen LogP) is 1.45. The third-order valence-electron chi connectivity index (χ3n) is 2.72. The van der Waals surface area contributed by atoms with Crippen molar-refractivity contribution in [3.8, 4) is 5.75 Å². The number of aromatic hydroxyl groups is 1. The van der Waals surface area contributed by atoms with Gasteiger partial charge in [-0.25, -0.2) is 0 Å². The standard InChI is InChI=1S/C10H9ClFNO4S/c11-6-1-2-9(14)8(3-6)13-5-7(4-10(13)15)18(12,16)17/h1-3,7,14H,4-5H2. The second-order valence-electron chi connectivity index (χ2n) is 3.94. The number of phenolic OH excluding ortho intramolecular Hbond substituents is 1. The zero-order valence-corrected chi connectivity index (χ0v) is 10.6. The van der Waals surface area contributed by atoms with Gasteiger partial charge in [-0.15, -0.1) is 3.89 Å². The van der Waals surface area contributed by atoms with Crippen molar-refractivity contribution in [1.82, 2.24) is 0 Å². The monoisotopic (exact) mass is 293 g/mol. The van der Waals surface area contributed by atoms with Crippen LogP contribution in [0.4, 0.5) is 9.57 Å². The second-order valence-corrected chi connectivity index (χ2v) is 5.99. The van der Waals surface area contributed by atoms with Crippen molar-refractivity contribution in [2.75, 3.05) is 11.4 Å². The van der Waals surface area contributed by atoms with Gasteiger partial charge in [0.05, 0.1) is 5.69 Å². The van der Waals surface area contributed by atoms with Crippen molar-refractivity contribution >= 4 is 33.4 Å². The fourth-order valence-corrected chi connectivity index (χ4v) is 2.64. The quantitative estimate of drug-likeness (QED) is 0.838. The van der Waals surface area contributed by atoms with E-state index >= 15 is 0 Å². The normalized spacial score (nSPS) is 20.4. The molecule has 0 bridgehead atoms. The van der Waals surface area contributed by atoms with Gasteiger partial charge in [0, 0.05) is 18.0 Å². The maximum atomic E-state index is 12.8. The molecule has 18 heavy (non-hydrogen) atoms. The number of rotatable bonds is 2. The Morgan fingerprint density at radius 2 is 2.11 bits per heavy atom. The maximum Gasteiger partial charge on any atom is 0.307 e. The van der Waals surface area contributed by atoms with E-state index in [1.165, 1.54) is 18.2 Å². The highest BCUT2D eigenvalue weighted by Crippen LogP contribution is 2.34. The van der Waals surface area contributed by atoms with Gasteiger partial charge >= 0.3 is 10.2 Å². The molecule has 1 amide bonds. The lowest BCUT2D eigenvalue weighted by Gasteiger charge is -2.17. The summed E-state index contributed by atoms with van der Waals surface area (Å²) in [6, 6.07) is 4.02. The van der Waals surface area contributed by atoms with Crippen LogP contribution < -0.4 is 4.90 Å². The Hall–Kier alpha value is -1.34. The van der Waals surface area contributed by atoms with Gasteiger partial charge in [-0.2, -0.15) is 8.42 Å². The number of anilines is 1. The number of halogens is 2. The molecule has 1 N–H and O–H groups in total. The highest BCUT2D eigenvalue weighted by atomic mass is 35.5. The number of nitrogens with zero attached hydrogens (tertiary/aromatic N) is 1. The molecule has 1 aliphatic rings. The average Bonchev–Trinajstić information content (AvgIpc) is 2.64. The molecule has 0 spiro atoms. The second kappa shape index (κ2) is 4.40. The van der Waals surface area contributed by atoms with Crippen LogP contribution in [-0.2, 0) is 15.0 Å². The summed E-state index contributed by atoms with van der Waals surface area (Å²) in [6.07, 6.45) is -0.440. The van der Waals surface area contributed by atoms with Gasteiger partial charge in [-0.1, -0.05) is 11.6 Å². The largest absolute Gasteiger partial charge is 0.506 e. The SMILES string of the molecule is O=C1CC(S(=O)(=O)F)CN1c1cc(Cl)ccc1O. The van der Waals surface area contributed by atoms with Gasteiger partial charge in [0.2, 0.25) is 5.91 Å². The van der Waals surface area contributed by atoms with Crippen LogP contribution in [-0.4, -0.2) is 31.2 Å². The van der Waals surface area contributed by atoms with Crippen molar-refractivity contribution in [3.05, 3.63) is 23.2 Å². The van der Waals surface area contributed by atoms with E-state index in [9.17, 15) is 22.2 Å². The molecule has 0 aliphatic carbocycles. The number of phenols is 1. The molecule has 1 heterocycles. The van der Waals surface area contributed by atoms with Gasteiger partial charge in [0.15, 0.2) is 0 Å². The summed E-state index contributed by atoms with van der Waals surface area (Å²) < 4.78 is 34.4. The molecule has 1 unspecified atom stereocenters. The summed E-state index contributed by atoms with van der Waals surface area (Å²) in [6.45, 7) is -0.328. The molecule has 0 aromatic heterocycles. The van der Waals surface area contributed by atoms with E-state index < -0.39 is 27.8 Å². The molecule has 5 nitrogen and oxygen atoms in total. The molecule has 8 heteroatoms. The van der Waals surface area contributed by atoms with Crippen LogP contribution in [0.5, 0.6) is 5.75 Å². The van der Waals surface area contributed by atoms with Gasteiger partial charge in [0.25, 0.3) is 0 Å². The molecule has 0 radical (unpaired) electrons. The number of benzene rings is 1. The fraction of sp³-hybridized carbons (Fsp3) is 0.300. The van der Waals surface area contributed by atoms with Crippen LogP contribution >= 0.6 is 11.6 Å². The number of amides is 1. The van der Waals surface area contributed by atoms with E-state index in [1.54, 1.807) is 0 Å². The van der Waals surface area contributed by atoms with E-state index in [0.29, 0.717) is 0 Å². The zero-order chi connectivity index (χ0) is 13.5. The van der Waals surface area contributed by atoms with E-state index in [0.717, 1.165) is 4.90 Å². The molecule has 1 atom stereocenters. The minimum Gasteiger partial charge on any atom is -0.506 e. The number of hydrogen-bond acceptors (Lipinski definition) is 4. The first kappa shape index (κ1) is 13.1. The van der Waals surface area contributed by atoms with Gasteiger partial charge in [-0.05, 0) is 18.2 Å². The third kappa shape index (κ3) is 2.41. The van der Waals surface area contributed by atoms with Crippen LogP contribution in [0.25, 0.3) is 0 Å². The molecule has 0 saturated carbocycles. The van der Waals surface area contributed by atoms with Crippen LogP contribution in [0.2, 0.25) is 5.02 Å². The van der Waals surface area contributed by atoms with Gasteiger partial charge in [0.1, 0.15) is 11.0 Å². The summed E-state index contributed by atoms with van der Waals surface area (Å²) in [4.78, 5) is 12.7. The lowest BCUT2D eigenvalue weighted by Crippen LogP contribution is -2.26. The summed E-state index contributed by atoms with van der Waals surface area (Å²) in [5, 5.41) is 8.49. The van der Waals surface area contributed by atoms with E-state index in [4.69, 9.17) is 11.6 Å². The average molecular weight is 294 g/mol. The van der Waals surface area contributed by atoms with Gasteiger partial charge in [-0.3, -0.25) is 4.79 Å². The molecule has 1 fully saturated rings. The Labute approximate surface area is 108 Å². The molecular formula is C10H9ClFNO4S. The maximum absolute atomic E-state index is 12.8. The van der Waals surface area contributed by atoms with Crippen LogP contribution in [0.1, 0.15) is 6.42 Å². The number of carbonyl (C=O) groups is 1. The lowest BCUT2D eigenvalue weighted by atomic mass is 10.2. The van der Waals surface area contributed by atoms with Crippen LogP contribution in [0, 0.1) is 0 Å². The summed E-state index contributed by atoms with van der Waals surface area (Å²) in [5.74, 6) is -0.788. The number of hydrogen-bond donors (Lipinski definition) is 1. The Kier molecular flexibility index (Phi) is 3.20. The molecule has 1 aromatic carbocycles. The Balaban J connectivity index is 2.35. The fourth-order valence-electron chi connectivity index (χ4n) is 1.81. The summed E-state index contributed by atoms with van der Waals surface area (Å²) >= 11 is 5.73. The first-order chi connectivity index (χ1) is 8.29. The van der Waals surface area contributed by atoms with E-state index in [2.05, 4.69) is 0 Å². The van der Waals surface area contributed by atoms with Crippen LogP contribution in [0.3, 0.4) is 0 Å². The first-order valence-corrected chi connectivity index (χ1v) is 6.84. The van der Waals surface area contributed by atoms with Crippen molar-refractivity contribution in [2.45, 2.75) is 11.7 Å². The Bertz CT molecular complexity index is 604. The first-order valence-electron chi connectivity index (χ1n) is 5.01. The van der Waals surface area contributed by atoms with E-state index in [1.807, 2.05) is 0 Å². The smallest absolute Gasteiger partial charge is 0.307 e. The van der Waals surface area contributed by atoms with Gasteiger partial charge < -0.3 is 10.0 Å². The summed E-state index contributed by atoms with van der Waals surface area (Å²) in [5.41, 5.74) is 0.0821.